The first-order valence-electron chi connectivity index (χ1n) is 10.5. The molecule has 1 unspecified atom stereocenters. The summed E-state index contributed by atoms with van der Waals surface area (Å²) in [5.74, 6) is 1.98. The monoisotopic (exact) mass is 430 g/mol. The Morgan fingerprint density at radius 1 is 1.27 bits per heavy atom. The molecule has 1 aromatic carbocycles. The van der Waals surface area contributed by atoms with Crippen LogP contribution in [0, 0.1) is 0 Å². The third-order valence-electron chi connectivity index (χ3n) is 4.91. The maximum absolute atomic E-state index is 12.7. The van der Waals surface area contributed by atoms with Gasteiger partial charge in [0.15, 0.2) is 0 Å². The van der Waals surface area contributed by atoms with E-state index in [4.69, 9.17) is 14.6 Å². The van der Waals surface area contributed by atoms with Gasteiger partial charge in [-0.1, -0.05) is 50.6 Å². The molecule has 0 bridgehead atoms. The highest BCUT2D eigenvalue weighted by Crippen LogP contribution is 2.37. The van der Waals surface area contributed by atoms with Crippen LogP contribution in [0.1, 0.15) is 58.1 Å². The van der Waals surface area contributed by atoms with Crippen molar-refractivity contribution in [3.05, 3.63) is 41.1 Å². The summed E-state index contributed by atoms with van der Waals surface area (Å²) >= 11 is 1.63. The van der Waals surface area contributed by atoms with Crippen LogP contribution in [0.4, 0.5) is 5.95 Å². The largest absolute Gasteiger partial charge is 0.494 e. The molecule has 2 heterocycles. The third-order valence-corrected chi connectivity index (χ3v) is 5.83. The fourth-order valence-corrected chi connectivity index (χ4v) is 4.20. The molecule has 1 aromatic heterocycles. The molecular weight excluding hydrogens is 400 g/mol. The number of unbranched alkanes of at least 4 members (excludes halogenated alkanes) is 2. The average Bonchev–Trinajstić information content (AvgIpc) is 3.15. The molecule has 0 fully saturated rings. The first kappa shape index (κ1) is 22.2. The molecule has 0 saturated heterocycles. The zero-order valence-corrected chi connectivity index (χ0v) is 18.9. The summed E-state index contributed by atoms with van der Waals surface area (Å²) in [7, 11) is 1.40. The van der Waals surface area contributed by atoms with E-state index in [2.05, 4.69) is 24.1 Å². The van der Waals surface area contributed by atoms with E-state index in [1.54, 1.807) is 16.4 Å². The summed E-state index contributed by atoms with van der Waals surface area (Å²) in [5, 5.41) is 8.63. The van der Waals surface area contributed by atoms with E-state index in [1.165, 1.54) is 7.11 Å². The quantitative estimate of drug-likeness (QED) is 0.329. The lowest BCUT2D eigenvalue weighted by molar-refractivity contribution is -0.136. The Morgan fingerprint density at radius 2 is 2.07 bits per heavy atom. The van der Waals surface area contributed by atoms with Crippen LogP contribution in [0.25, 0.3) is 0 Å². The van der Waals surface area contributed by atoms with E-state index in [0.717, 1.165) is 42.7 Å². The second kappa shape index (κ2) is 10.5. The van der Waals surface area contributed by atoms with Crippen LogP contribution in [-0.4, -0.2) is 40.2 Å². The Morgan fingerprint density at radius 3 is 2.80 bits per heavy atom. The topological polar surface area (TPSA) is 78.3 Å². The smallest absolute Gasteiger partial charge is 0.338 e. The number of anilines is 1. The van der Waals surface area contributed by atoms with Gasteiger partial charge < -0.3 is 14.8 Å². The van der Waals surface area contributed by atoms with Gasteiger partial charge in [0.1, 0.15) is 11.8 Å². The van der Waals surface area contributed by atoms with Gasteiger partial charge in [-0.3, -0.25) is 0 Å². The van der Waals surface area contributed by atoms with Crippen molar-refractivity contribution in [2.24, 2.45) is 0 Å². The minimum Gasteiger partial charge on any atom is -0.494 e. The van der Waals surface area contributed by atoms with Crippen molar-refractivity contribution in [3.8, 4) is 5.75 Å². The van der Waals surface area contributed by atoms with Crippen molar-refractivity contribution in [1.29, 1.82) is 0 Å². The fourth-order valence-electron chi connectivity index (χ4n) is 3.29. The average molecular weight is 431 g/mol. The molecule has 30 heavy (non-hydrogen) atoms. The van der Waals surface area contributed by atoms with Crippen LogP contribution in [0.5, 0.6) is 5.75 Å². The predicted octanol–water partition coefficient (Wildman–Crippen LogP) is 4.81. The van der Waals surface area contributed by atoms with Crippen molar-refractivity contribution in [3.63, 3.8) is 0 Å². The zero-order chi connectivity index (χ0) is 21.5. The van der Waals surface area contributed by atoms with Crippen molar-refractivity contribution < 1.29 is 14.3 Å². The predicted molar refractivity (Wildman–Crippen MR) is 119 cm³/mol. The molecule has 0 aliphatic carbocycles. The maximum Gasteiger partial charge on any atom is 0.338 e. The number of benzene rings is 1. The van der Waals surface area contributed by atoms with Gasteiger partial charge in [-0.2, -0.15) is 4.98 Å². The zero-order valence-electron chi connectivity index (χ0n) is 18.1. The molecule has 0 radical (unpaired) electrons. The van der Waals surface area contributed by atoms with Crippen molar-refractivity contribution in [1.82, 2.24) is 14.8 Å². The standard InChI is InChI=1S/C22H30N4O3S/c1-5-7-12-29-17-11-9-10-16(14-17)19-18(20(27)28-4)15(3)23-21-24-22(25-26(19)21)30-13-8-6-2/h9-11,14,19H,5-8,12-13H2,1-4H3,(H,23,24,25). The van der Waals surface area contributed by atoms with Gasteiger partial charge in [0.25, 0.3) is 0 Å². The molecule has 0 saturated carbocycles. The Hall–Kier alpha value is -2.48. The molecule has 3 rings (SSSR count). The number of carbonyl (C=O) groups excluding carboxylic acids is 1. The number of esters is 1. The second-order valence-corrected chi connectivity index (χ2v) is 8.26. The highest BCUT2D eigenvalue weighted by molar-refractivity contribution is 7.99. The summed E-state index contributed by atoms with van der Waals surface area (Å²) in [6.07, 6.45) is 4.30. The van der Waals surface area contributed by atoms with Crippen LogP contribution in [0.15, 0.2) is 40.7 Å². The maximum atomic E-state index is 12.7. The number of hydrogen-bond acceptors (Lipinski definition) is 7. The summed E-state index contributed by atoms with van der Waals surface area (Å²) in [6.45, 7) is 6.82. The number of aromatic nitrogens is 3. The van der Waals surface area contributed by atoms with E-state index in [-0.39, 0.29) is 5.97 Å². The van der Waals surface area contributed by atoms with Gasteiger partial charge in [-0.25, -0.2) is 9.48 Å². The summed E-state index contributed by atoms with van der Waals surface area (Å²) in [6, 6.07) is 7.39. The third kappa shape index (κ3) is 4.98. The van der Waals surface area contributed by atoms with Gasteiger partial charge in [0, 0.05) is 11.4 Å². The number of fused-ring (bicyclic) bond motifs is 1. The van der Waals surface area contributed by atoms with Gasteiger partial charge in [-0.05, 0) is 37.5 Å². The first-order valence-corrected chi connectivity index (χ1v) is 11.5. The molecule has 162 valence electrons. The Labute approximate surface area is 182 Å². The van der Waals surface area contributed by atoms with E-state index in [1.807, 2.05) is 31.2 Å². The number of hydrogen-bond donors (Lipinski definition) is 1. The number of ether oxygens (including phenoxy) is 2. The highest BCUT2D eigenvalue weighted by atomic mass is 32.2. The van der Waals surface area contributed by atoms with E-state index in [9.17, 15) is 4.79 Å². The van der Waals surface area contributed by atoms with Crippen LogP contribution < -0.4 is 10.1 Å². The summed E-state index contributed by atoms with van der Waals surface area (Å²) < 4.78 is 12.8. The number of rotatable bonds is 10. The molecule has 7 nitrogen and oxygen atoms in total. The first-order chi connectivity index (χ1) is 14.6. The molecule has 0 spiro atoms. The number of nitrogens with one attached hydrogen (secondary N) is 1. The van der Waals surface area contributed by atoms with Crippen LogP contribution in [0.3, 0.4) is 0 Å². The lowest BCUT2D eigenvalue weighted by atomic mass is 9.95. The number of allylic oxidation sites excluding steroid dienone is 1. The van der Waals surface area contributed by atoms with E-state index in [0.29, 0.717) is 29.0 Å². The number of thioether (sulfide) groups is 1. The molecule has 1 aliphatic heterocycles. The van der Waals surface area contributed by atoms with Gasteiger partial charge in [0.05, 0.1) is 19.3 Å². The van der Waals surface area contributed by atoms with E-state index < -0.39 is 6.04 Å². The molecule has 1 aliphatic rings. The van der Waals surface area contributed by atoms with Gasteiger partial charge in [0.2, 0.25) is 11.1 Å². The Balaban J connectivity index is 1.98. The highest BCUT2D eigenvalue weighted by Gasteiger charge is 2.35. The molecule has 1 atom stereocenters. The Kier molecular flexibility index (Phi) is 7.79. The SMILES string of the molecule is CCCCOc1cccc(C2C(C(=O)OC)=C(C)Nc3nc(SCCCC)nn32)c1. The molecule has 2 aromatic rings. The summed E-state index contributed by atoms with van der Waals surface area (Å²) in [4.78, 5) is 17.3. The van der Waals surface area contributed by atoms with Crippen molar-refractivity contribution >= 4 is 23.7 Å². The van der Waals surface area contributed by atoms with Crippen molar-refractivity contribution in [2.45, 2.75) is 57.7 Å². The Bertz CT molecular complexity index is 910. The van der Waals surface area contributed by atoms with Gasteiger partial charge in [-0.15, -0.1) is 5.10 Å². The lowest BCUT2D eigenvalue weighted by Gasteiger charge is -2.28. The minimum atomic E-state index is -0.434. The minimum absolute atomic E-state index is 0.386. The second-order valence-electron chi connectivity index (χ2n) is 7.20. The van der Waals surface area contributed by atoms with Gasteiger partial charge >= 0.3 is 5.97 Å². The number of carbonyl (C=O) groups is 1. The molecule has 1 N–H and O–H groups in total. The van der Waals surface area contributed by atoms with Crippen LogP contribution in [0.2, 0.25) is 0 Å². The number of nitrogens with zero attached hydrogens (tertiary/aromatic N) is 3. The molecular formula is C22H30N4O3S. The normalized spacial score (nSPS) is 15.5. The lowest BCUT2D eigenvalue weighted by Crippen LogP contribution is -2.29. The number of methoxy groups -OCH3 is 1. The van der Waals surface area contributed by atoms with Crippen LogP contribution >= 0.6 is 11.8 Å². The van der Waals surface area contributed by atoms with Crippen molar-refractivity contribution in [2.75, 3.05) is 24.8 Å². The molecule has 0 amide bonds. The van der Waals surface area contributed by atoms with Crippen LogP contribution in [-0.2, 0) is 9.53 Å². The van der Waals surface area contributed by atoms with E-state index >= 15 is 0 Å². The summed E-state index contributed by atoms with van der Waals surface area (Å²) in [5.41, 5.74) is 2.14. The fraction of sp³-hybridized carbons (Fsp3) is 0.500. The molecule has 8 heteroatoms.